The van der Waals surface area contributed by atoms with Crippen molar-refractivity contribution in [2.45, 2.75) is 83.0 Å². The summed E-state index contributed by atoms with van der Waals surface area (Å²) < 4.78 is 6.16. The molecule has 2 aromatic rings. The van der Waals surface area contributed by atoms with Crippen molar-refractivity contribution in [3.05, 3.63) is 90.0 Å². The van der Waals surface area contributed by atoms with E-state index in [0.717, 1.165) is 18.3 Å². The van der Waals surface area contributed by atoms with Crippen LogP contribution in [0.5, 0.6) is 5.75 Å². The highest BCUT2D eigenvalue weighted by atomic mass is 16.5. The van der Waals surface area contributed by atoms with Gasteiger partial charge in [0.2, 0.25) is 0 Å². The Morgan fingerprint density at radius 2 is 1.55 bits per heavy atom. The monoisotopic (exact) mass is 442 g/mol. The van der Waals surface area contributed by atoms with Crippen molar-refractivity contribution in [3.63, 3.8) is 0 Å². The van der Waals surface area contributed by atoms with Crippen LogP contribution >= 0.6 is 0 Å². The van der Waals surface area contributed by atoms with E-state index < -0.39 is 0 Å². The average Bonchev–Trinajstić information content (AvgIpc) is 2.89. The first kappa shape index (κ1) is 23.9. The molecule has 0 heterocycles. The number of ether oxygens (including phenoxy) is 1. The fourth-order valence-electron chi connectivity index (χ4n) is 5.53. The van der Waals surface area contributed by atoms with Gasteiger partial charge < -0.3 is 4.74 Å². The van der Waals surface area contributed by atoms with E-state index in [4.69, 9.17) is 4.74 Å². The highest BCUT2D eigenvalue weighted by molar-refractivity contribution is 5.31. The van der Waals surface area contributed by atoms with Crippen molar-refractivity contribution in [2.24, 2.45) is 11.8 Å². The van der Waals surface area contributed by atoms with Crippen LogP contribution in [0.3, 0.4) is 0 Å². The highest BCUT2D eigenvalue weighted by Crippen LogP contribution is 2.37. The summed E-state index contributed by atoms with van der Waals surface area (Å²) in [6.07, 6.45) is 19.6. The molecule has 0 N–H and O–H groups in total. The topological polar surface area (TPSA) is 9.23 Å². The molecule has 176 valence electrons. The first-order valence-corrected chi connectivity index (χ1v) is 13.4. The number of unbranched alkanes of at least 4 members (excludes halogenated alkanes) is 2. The second-order valence-corrected chi connectivity index (χ2v) is 10.3. The van der Waals surface area contributed by atoms with Crippen LogP contribution in [0.15, 0.2) is 73.3 Å². The molecule has 0 aromatic heterocycles. The summed E-state index contributed by atoms with van der Waals surface area (Å²) in [6, 6.07) is 18.3. The average molecular weight is 443 g/mol. The Bertz CT molecular complexity index is 868. The smallest absolute Gasteiger partial charge is 0.119 e. The second kappa shape index (κ2) is 12.3. The van der Waals surface area contributed by atoms with E-state index in [1.54, 1.807) is 0 Å². The molecular weight excluding hydrogens is 400 g/mol. The molecule has 0 spiro atoms. The van der Waals surface area contributed by atoms with Gasteiger partial charge in [-0.3, -0.25) is 0 Å². The third-order valence-corrected chi connectivity index (χ3v) is 7.86. The van der Waals surface area contributed by atoms with Crippen molar-refractivity contribution in [1.82, 2.24) is 0 Å². The first-order valence-electron chi connectivity index (χ1n) is 13.4. The Balaban J connectivity index is 1.22. The maximum absolute atomic E-state index is 6.16. The Morgan fingerprint density at radius 1 is 0.818 bits per heavy atom. The normalized spacial score (nSPS) is 25.0. The number of hydrogen-bond donors (Lipinski definition) is 0. The zero-order valence-electron chi connectivity index (χ0n) is 20.6. The number of hydrogen-bond acceptors (Lipinski definition) is 1. The van der Waals surface area contributed by atoms with E-state index in [9.17, 15) is 0 Å². The summed E-state index contributed by atoms with van der Waals surface area (Å²) in [7, 11) is 0. The van der Waals surface area contributed by atoms with Gasteiger partial charge in [0.15, 0.2) is 0 Å². The third-order valence-electron chi connectivity index (χ3n) is 7.86. The lowest BCUT2D eigenvalue weighted by atomic mass is 9.79. The molecule has 0 bridgehead atoms. The summed E-state index contributed by atoms with van der Waals surface area (Å²) in [4.78, 5) is 0. The lowest BCUT2D eigenvalue weighted by Crippen LogP contribution is -2.15. The molecule has 0 radical (unpaired) electrons. The van der Waals surface area contributed by atoms with E-state index >= 15 is 0 Å². The zero-order valence-corrected chi connectivity index (χ0v) is 20.6. The van der Waals surface area contributed by atoms with E-state index in [1.807, 2.05) is 0 Å². The number of allylic oxidation sites excluding steroid dienone is 2. The van der Waals surface area contributed by atoms with Gasteiger partial charge in [0.1, 0.15) is 5.75 Å². The van der Waals surface area contributed by atoms with Gasteiger partial charge in [-0.15, -0.1) is 6.58 Å². The summed E-state index contributed by atoms with van der Waals surface area (Å²) in [5.41, 5.74) is 4.41. The van der Waals surface area contributed by atoms with Crippen molar-refractivity contribution >= 4 is 0 Å². The Labute approximate surface area is 202 Å². The van der Waals surface area contributed by atoms with Gasteiger partial charge in [0, 0.05) is 11.8 Å². The minimum atomic E-state index is 0.517. The van der Waals surface area contributed by atoms with E-state index in [-0.39, 0.29) is 0 Å². The number of benzene rings is 2. The molecule has 2 aliphatic carbocycles. The van der Waals surface area contributed by atoms with E-state index in [2.05, 4.69) is 80.3 Å². The lowest BCUT2D eigenvalue weighted by molar-refractivity contribution is 0.260. The molecule has 1 saturated carbocycles. The Kier molecular flexibility index (Phi) is 8.86. The molecule has 4 rings (SSSR count). The SMILES string of the molecule is C=CC1CCC(c2ccc(OCC3C=CC(c4ccc(CCCCC)cc4)CC3)cc2)CC1. The molecular formula is C32H42O. The molecule has 2 atom stereocenters. The van der Waals surface area contributed by atoms with Gasteiger partial charge in [0.25, 0.3) is 0 Å². The summed E-state index contributed by atoms with van der Waals surface area (Å²) in [6.45, 7) is 7.01. The third kappa shape index (κ3) is 6.85. The van der Waals surface area contributed by atoms with E-state index in [0.29, 0.717) is 17.8 Å². The quantitative estimate of drug-likeness (QED) is 0.263. The Morgan fingerprint density at radius 3 is 2.18 bits per heavy atom. The van der Waals surface area contributed by atoms with Crippen LogP contribution in [0.1, 0.15) is 93.2 Å². The summed E-state index contributed by atoms with van der Waals surface area (Å²) >= 11 is 0. The standard InChI is InChI=1S/C32H42O/c1-3-5-6-7-26-10-16-29(17-11-26)30-18-12-27(13-19-30)24-33-32-22-20-31(21-23-32)28-14-8-25(4-2)9-15-28/h4,10-12,16-18,20-23,25,27-28,30H,2-3,5-9,13-15,19,24H2,1H3. The molecule has 1 nitrogen and oxygen atoms in total. The molecule has 0 saturated heterocycles. The van der Waals surface area contributed by atoms with Crippen molar-refractivity contribution in [1.29, 1.82) is 0 Å². The van der Waals surface area contributed by atoms with Crippen molar-refractivity contribution in [2.75, 3.05) is 6.61 Å². The molecule has 33 heavy (non-hydrogen) atoms. The number of aryl methyl sites for hydroxylation is 1. The maximum Gasteiger partial charge on any atom is 0.119 e. The van der Waals surface area contributed by atoms with Crippen LogP contribution in [0.2, 0.25) is 0 Å². The molecule has 1 fully saturated rings. The van der Waals surface area contributed by atoms with Crippen LogP contribution in [0.25, 0.3) is 0 Å². The fourth-order valence-corrected chi connectivity index (χ4v) is 5.53. The molecule has 0 aliphatic heterocycles. The predicted molar refractivity (Wildman–Crippen MR) is 141 cm³/mol. The molecule has 2 aliphatic rings. The van der Waals surface area contributed by atoms with Crippen LogP contribution in [-0.4, -0.2) is 6.61 Å². The van der Waals surface area contributed by atoms with E-state index in [1.165, 1.54) is 80.9 Å². The van der Waals surface area contributed by atoms with Crippen molar-refractivity contribution < 1.29 is 4.74 Å². The largest absolute Gasteiger partial charge is 0.493 e. The molecule has 1 heteroatoms. The summed E-state index contributed by atoms with van der Waals surface area (Å²) in [5, 5.41) is 0. The second-order valence-electron chi connectivity index (χ2n) is 10.3. The zero-order chi connectivity index (χ0) is 22.9. The molecule has 2 unspecified atom stereocenters. The van der Waals surface area contributed by atoms with Crippen LogP contribution in [0, 0.1) is 11.8 Å². The fraction of sp³-hybridized carbons (Fsp3) is 0.500. The molecule has 0 amide bonds. The predicted octanol–water partition coefficient (Wildman–Crippen LogP) is 9.01. The van der Waals surface area contributed by atoms with Crippen LogP contribution in [-0.2, 0) is 6.42 Å². The minimum absolute atomic E-state index is 0.517. The highest BCUT2D eigenvalue weighted by Gasteiger charge is 2.21. The van der Waals surface area contributed by atoms with Gasteiger partial charge >= 0.3 is 0 Å². The maximum atomic E-state index is 6.16. The van der Waals surface area contributed by atoms with Gasteiger partial charge in [-0.2, -0.15) is 0 Å². The van der Waals surface area contributed by atoms with Gasteiger partial charge in [0.05, 0.1) is 6.61 Å². The minimum Gasteiger partial charge on any atom is -0.493 e. The first-order chi connectivity index (χ1) is 16.2. The number of rotatable bonds is 10. The van der Waals surface area contributed by atoms with Gasteiger partial charge in [-0.1, -0.05) is 74.4 Å². The summed E-state index contributed by atoms with van der Waals surface area (Å²) in [5.74, 6) is 3.51. The van der Waals surface area contributed by atoms with Crippen LogP contribution in [0.4, 0.5) is 0 Å². The van der Waals surface area contributed by atoms with Gasteiger partial charge in [-0.25, -0.2) is 0 Å². The van der Waals surface area contributed by atoms with Crippen LogP contribution < -0.4 is 4.74 Å². The van der Waals surface area contributed by atoms with Gasteiger partial charge in [-0.05, 0) is 92.0 Å². The van der Waals surface area contributed by atoms with Crippen molar-refractivity contribution in [3.8, 4) is 5.75 Å². The Hall–Kier alpha value is -2.28. The molecule has 2 aromatic carbocycles. The lowest BCUT2D eigenvalue weighted by Gasteiger charge is -2.27.